The number of urea groups is 1. The van der Waals surface area contributed by atoms with E-state index >= 15 is 0 Å². The molecule has 0 saturated carbocycles. The van der Waals surface area contributed by atoms with Crippen LogP contribution in [0.15, 0.2) is 54.6 Å². The van der Waals surface area contributed by atoms with Crippen molar-refractivity contribution in [2.24, 2.45) is 23.1 Å². The maximum absolute atomic E-state index is 14.8. The van der Waals surface area contributed by atoms with Gasteiger partial charge in [0.15, 0.2) is 0 Å². The van der Waals surface area contributed by atoms with Crippen LogP contribution in [-0.2, 0) is 65.9 Å². The van der Waals surface area contributed by atoms with Crippen LogP contribution < -0.4 is 70.4 Å². The molecule has 5 rings (SSSR count). The predicted molar refractivity (Wildman–Crippen MR) is 348 cm³/mol. The molecule has 3 heterocycles. The number of nitrogens with one attached hydrogen (secondary N) is 10. The Hall–Kier alpha value is -7.05. The molecule has 0 spiro atoms. The number of carboxylic acid groups (broad SMARTS) is 1. The summed E-state index contributed by atoms with van der Waals surface area (Å²) in [7, 11) is 0. The molecule has 2 saturated heterocycles. The Labute approximate surface area is 542 Å². The zero-order valence-corrected chi connectivity index (χ0v) is 54.2. The number of nitrogens with two attached hydrogens (primary N) is 3. The molecule has 0 unspecified atom stereocenters. The number of fused-ring (bicyclic) bond motifs is 4. The number of aliphatic carboxylic acids is 1. The van der Waals surface area contributed by atoms with E-state index in [0.29, 0.717) is 95.0 Å². The van der Waals surface area contributed by atoms with E-state index in [-0.39, 0.29) is 75.6 Å². The van der Waals surface area contributed by atoms with Gasteiger partial charge in [0.2, 0.25) is 53.2 Å². The number of thioether (sulfide) groups is 2. The van der Waals surface area contributed by atoms with Crippen LogP contribution in [0.5, 0.6) is 0 Å². The van der Waals surface area contributed by atoms with E-state index in [0.717, 1.165) is 24.0 Å². The van der Waals surface area contributed by atoms with E-state index in [1.165, 1.54) is 33.3 Å². The Balaban J connectivity index is 1.46. The van der Waals surface area contributed by atoms with Gasteiger partial charge in [-0.3, -0.25) is 47.9 Å². The third-order valence-corrected chi connectivity index (χ3v) is 18.1. The monoisotopic (exact) mass is 1310 g/mol. The molecule has 17 N–H and O–H groups in total. The average molecular weight is 1310 g/mol. The Morgan fingerprint density at radius 2 is 1.29 bits per heavy atom. The highest BCUT2D eigenvalue weighted by molar-refractivity contribution is 7.98. The number of primary amides is 1. The molecule has 3 aliphatic heterocycles. The molecule has 504 valence electrons. The second-order valence-electron chi connectivity index (χ2n) is 23.2. The minimum Gasteiger partial charge on any atom is -0.481 e. The van der Waals surface area contributed by atoms with Crippen molar-refractivity contribution in [3.8, 4) is 0 Å². The lowest BCUT2D eigenvalue weighted by molar-refractivity contribution is -0.147. The van der Waals surface area contributed by atoms with Gasteiger partial charge in [0, 0.05) is 107 Å². The second-order valence-corrected chi connectivity index (χ2v) is 25.2. The van der Waals surface area contributed by atoms with E-state index in [9.17, 15) is 57.8 Å². The van der Waals surface area contributed by atoms with Crippen molar-refractivity contribution >= 4 is 88.7 Å². The van der Waals surface area contributed by atoms with Crippen molar-refractivity contribution < 1.29 is 57.8 Å². The van der Waals surface area contributed by atoms with Crippen LogP contribution in [-0.4, -0.2) is 205 Å². The van der Waals surface area contributed by atoms with Gasteiger partial charge < -0.3 is 85.3 Å². The molecule has 11 amide bonds. The molecule has 27 nitrogen and oxygen atoms in total. The fourth-order valence-corrected chi connectivity index (χ4v) is 13.0. The zero-order valence-electron chi connectivity index (χ0n) is 52.6. The largest absolute Gasteiger partial charge is 0.481 e. The Morgan fingerprint density at radius 3 is 1.92 bits per heavy atom. The molecule has 2 fully saturated rings. The van der Waals surface area contributed by atoms with E-state index in [2.05, 4.69) is 53.2 Å². The molecular weight excluding hydrogens is 1210 g/mol. The van der Waals surface area contributed by atoms with Gasteiger partial charge in [-0.05, 0) is 80.9 Å². The van der Waals surface area contributed by atoms with Gasteiger partial charge in [0.25, 0.3) is 0 Å². The highest BCUT2D eigenvalue weighted by Gasteiger charge is 2.44. The lowest BCUT2D eigenvalue weighted by atomic mass is 10.0. The summed E-state index contributed by atoms with van der Waals surface area (Å²) in [5.41, 5.74) is 19.2. The smallest absolute Gasteiger partial charge is 0.315 e. The summed E-state index contributed by atoms with van der Waals surface area (Å²) >= 11 is 2.72. The Morgan fingerprint density at radius 1 is 0.681 bits per heavy atom. The van der Waals surface area contributed by atoms with Crippen molar-refractivity contribution in [1.29, 1.82) is 0 Å². The summed E-state index contributed by atoms with van der Waals surface area (Å²) in [4.78, 5) is 156. The van der Waals surface area contributed by atoms with Crippen LogP contribution in [0.1, 0.15) is 114 Å². The SMILES string of the molecule is CCCCNC(=O)N[C@H]1CSCc2cccc(c2)CSC[C@@H](C(=O)N[C@@H](CCCCNC(=O)C(CNCCN)CNCCN)CC(=O)O)NC(=O)[C@H](Cc2ccccc2)NC(=O)[C@H](CCC(N)=O)NC(=O)[C@H](CC)NC(=O)[C@@H]2CCCN2C(=O)[C@@H]2CCCN2C1=O. The molecule has 3 aliphatic rings. The van der Waals surface area contributed by atoms with Crippen molar-refractivity contribution in [3.05, 3.63) is 71.3 Å². The number of unbranched alkanes of at least 4 members (excludes halogenated alkanes) is 2. The molecule has 2 aromatic carbocycles. The van der Waals surface area contributed by atoms with Crippen LogP contribution in [0, 0.1) is 5.92 Å². The van der Waals surface area contributed by atoms with Gasteiger partial charge in [0.05, 0.1) is 12.3 Å². The number of carbonyl (C=O) groups is 11. The highest BCUT2D eigenvalue weighted by atomic mass is 32.2. The second kappa shape index (κ2) is 40.7. The first-order valence-electron chi connectivity index (χ1n) is 31.9. The van der Waals surface area contributed by atoms with E-state index < -0.39 is 120 Å². The van der Waals surface area contributed by atoms with Gasteiger partial charge in [-0.25, -0.2) is 4.79 Å². The standard InChI is InChI=1S/C62H97N15O12S2/c1-3-5-25-69-62(89)75-49-39-91-37-42-17-11-16-41(31-42)36-90-38-48(58(85)70-44(33-53(79)80)18-9-10-26-68-54(81)43(34-66-27-23-63)35-67-28-24-64)74-57(84)47(32-40-14-7-6-8-15-40)73-56(83)46(21-22-52(65)78)72-55(82)45(4-2)71-59(86)50-19-12-29-76(50)61(88)51-20-13-30-77(51)60(49)87/h6-8,11,14-17,31,43-51,66-67H,3-5,9-10,12-13,18-30,32-39,63-64H2,1-2H3,(H2,65,78)(H,68,81)(H,70,85)(H,71,86)(H,72,82)(H,73,83)(H,74,84)(H,79,80)(H2,69,75,89)/t44-,45-,46-,47-,48-,49-,50-,51-/m0/s1. The van der Waals surface area contributed by atoms with Crippen molar-refractivity contribution in [1.82, 2.24) is 63.0 Å². The van der Waals surface area contributed by atoms with Crippen molar-refractivity contribution in [2.45, 2.75) is 164 Å². The molecule has 0 aliphatic carbocycles. The quantitative estimate of drug-likeness (QED) is 0.0475. The number of amides is 11. The summed E-state index contributed by atoms with van der Waals surface area (Å²) in [5, 5.41) is 38.9. The minimum absolute atomic E-state index is 0.0335. The Bertz CT molecular complexity index is 2710. The summed E-state index contributed by atoms with van der Waals surface area (Å²) < 4.78 is 0. The molecule has 29 heteroatoms. The number of rotatable bonds is 28. The maximum Gasteiger partial charge on any atom is 0.315 e. The van der Waals surface area contributed by atoms with Crippen LogP contribution in [0.25, 0.3) is 0 Å². The number of carboxylic acids is 1. The van der Waals surface area contributed by atoms with Crippen LogP contribution in [0.3, 0.4) is 0 Å². The molecule has 2 bridgehead atoms. The molecule has 8 atom stereocenters. The number of hydrogen-bond donors (Lipinski definition) is 14. The summed E-state index contributed by atoms with van der Waals surface area (Å²) in [6, 6.07) is 6.55. The van der Waals surface area contributed by atoms with Crippen LogP contribution >= 0.6 is 23.5 Å². The fourth-order valence-electron chi connectivity index (χ4n) is 11.0. The molecule has 2 aromatic rings. The average Bonchev–Trinajstić information content (AvgIpc) is 2.30. The van der Waals surface area contributed by atoms with E-state index in [1.54, 1.807) is 37.3 Å². The third-order valence-electron chi connectivity index (χ3n) is 15.9. The Kier molecular flexibility index (Phi) is 33.4. The number of carbonyl (C=O) groups excluding carboxylic acids is 10. The normalized spacial score (nSPS) is 22.0. The molecule has 0 aromatic heterocycles. The van der Waals surface area contributed by atoms with Gasteiger partial charge >= 0.3 is 12.0 Å². The zero-order chi connectivity index (χ0) is 66.1. The lowest BCUT2D eigenvalue weighted by Gasteiger charge is -2.33. The predicted octanol–water partition coefficient (Wildman–Crippen LogP) is -0.567. The summed E-state index contributed by atoms with van der Waals surface area (Å²) in [5.74, 6) is -6.38. The number of nitrogens with zero attached hydrogens (tertiary/aromatic N) is 2. The number of hydrogen-bond acceptors (Lipinski definition) is 17. The first-order valence-corrected chi connectivity index (χ1v) is 34.2. The molecule has 0 radical (unpaired) electrons. The van der Waals surface area contributed by atoms with Crippen molar-refractivity contribution in [3.63, 3.8) is 0 Å². The number of benzene rings is 2. The first-order chi connectivity index (χ1) is 43.8. The van der Waals surface area contributed by atoms with Crippen molar-refractivity contribution in [2.75, 3.05) is 77.0 Å². The molecule has 91 heavy (non-hydrogen) atoms. The van der Waals surface area contributed by atoms with Crippen LogP contribution in [0.4, 0.5) is 4.79 Å². The highest BCUT2D eigenvalue weighted by Crippen LogP contribution is 2.27. The van der Waals surface area contributed by atoms with Gasteiger partial charge in [-0.15, -0.1) is 0 Å². The summed E-state index contributed by atoms with van der Waals surface area (Å²) in [6.07, 6.45) is 2.98. The maximum atomic E-state index is 14.8. The first kappa shape index (κ1) is 74.7. The molecular formula is C62H97N15O12S2. The topological polar surface area (TPSA) is 413 Å². The van der Waals surface area contributed by atoms with E-state index in [4.69, 9.17) is 17.2 Å². The van der Waals surface area contributed by atoms with Gasteiger partial charge in [-0.1, -0.05) is 74.9 Å². The van der Waals surface area contributed by atoms with Crippen LogP contribution in [0.2, 0.25) is 0 Å². The van der Waals surface area contributed by atoms with Gasteiger partial charge in [-0.2, -0.15) is 23.5 Å². The van der Waals surface area contributed by atoms with E-state index in [1.807, 2.05) is 31.2 Å². The lowest BCUT2D eigenvalue weighted by Crippen LogP contribution is -2.60. The third kappa shape index (κ3) is 25.9. The minimum atomic E-state index is -1.48. The summed E-state index contributed by atoms with van der Waals surface area (Å²) in [6.45, 7) is 7.41. The fraction of sp³-hybridized carbons (Fsp3) is 0.629. The van der Waals surface area contributed by atoms with Gasteiger partial charge in [0.1, 0.15) is 42.3 Å².